The summed E-state index contributed by atoms with van der Waals surface area (Å²) < 4.78 is 0. The molecule has 2 atom stereocenters. The van der Waals surface area contributed by atoms with Gasteiger partial charge in [0.25, 0.3) is 0 Å². The lowest BCUT2D eigenvalue weighted by atomic mass is 9.97. The van der Waals surface area contributed by atoms with Gasteiger partial charge in [-0.2, -0.15) is 0 Å². The molecule has 1 saturated heterocycles. The number of amides is 2. The van der Waals surface area contributed by atoms with Crippen LogP contribution in [0.3, 0.4) is 0 Å². The Kier molecular flexibility index (Phi) is 6.60. The summed E-state index contributed by atoms with van der Waals surface area (Å²) in [5.41, 5.74) is 3.19. The predicted octanol–water partition coefficient (Wildman–Crippen LogP) is 3.87. The Morgan fingerprint density at radius 2 is 2.00 bits per heavy atom. The van der Waals surface area contributed by atoms with Crippen molar-refractivity contribution in [3.63, 3.8) is 0 Å². The molecule has 1 aromatic heterocycles. The first-order chi connectivity index (χ1) is 15.2. The molecule has 2 aliphatic rings. The molecule has 1 fully saturated rings. The molecule has 5 nitrogen and oxygen atoms in total. The van der Waals surface area contributed by atoms with Crippen LogP contribution in [0.25, 0.3) is 11.1 Å². The first-order valence-electron chi connectivity index (χ1n) is 11.0. The average Bonchev–Trinajstić information content (AvgIpc) is 3.31. The summed E-state index contributed by atoms with van der Waals surface area (Å²) in [7, 11) is 0. The van der Waals surface area contributed by atoms with Crippen molar-refractivity contribution in [3.8, 4) is 11.1 Å². The highest BCUT2D eigenvalue weighted by molar-refractivity contribution is 5.89. The quantitative estimate of drug-likeness (QED) is 0.645. The minimum absolute atomic E-state index is 0.0119. The molecule has 0 radical (unpaired) electrons. The number of aromatic nitrogens is 1. The second-order valence-corrected chi connectivity index (χ2v) is 8.29. The summed E-state index contributed by atoms with van der Waals surface area (Å²) in [6.07, 6.45) is 12.7. The lowest BCUT2D eigenvalue weighted by Crippen LogP contribution is -2.59. The number of rotatable bonds is 7. The Balaban J connectivity index is 1.51. The van der Waals surface area contributed by atoms with Crippen LogP contribution in [0, 0.1) is 5.92 Å². The highest BCUT2D eigenvalue weighted by Gasteiger charge is 2.37. The Hall–Kier alpha value is -3.21. The van der Waals surface area contributed by atoms with Gasteiger partial charge in [-0.05, 0) is 41.5 Å². The molecule has 1 aliphatic heterocycles. The van der Waals surface area contributed by atoms with Crippen molar-refractivity contribution in [3.05, 3.63) is 79.2 Å². The number of hydrogen-bond acceptors (Lipinski definition) is 3. The summed E-state index contributed by atoms with van der Waals surface area (Å²) in [5, 5.41) is 0. The third kappa shape index (κ3) is 4.93. The number of piperazine rings is 1. The smallest absolute Gasteiger partial charge is 0.246 e. The maximum absolute atomic E-state index is 13.2. The molecule has 1 aliphatic carbocycles. The molecule has 0 bridgehead atoms. The van der Waals surface area contributed by atoms with E-state index in [0.29, 0.717) is 38.4 Å². The molecule has 2 heterocycles. The third-order valence-electron chi connectivity index (χ3n) is 6.18. The molecule has 31 heavy (non-hydrogen) atoms. The number of allylic oxidation sites excluding steroid dienone is 2. The van der Waals surface area contributed by atoms with Crippen LogP contribution in [0.15, 0.2) is 73.6 Å². The van der Waals surface area contributed by atoms with Crippen molar-refractivity contribution in [1.29, 1.82) is 0 Å². The lowest BCUT2D eigenvalue weighted by Gasteiger charge is -2.41. The largest absolute Gasteiger partial charge is 0.335 e. The minimum Gasteiger partial charge on any atom is -0.335 e. The Bertz CT molecular complexity index is 952. The molecular weight excluding hydrogens is 386 g/mol. The minimum atomic E-state index is -0.462. The highest BCUT2D eigenvalue weighted by Crippen LogP contribution is 2.25. The fourth-order valence-corrected chi connectivity index (χ4v) is 4.47. The van der Waals surface area contributed by atoms with E-state index in [9.17, 15) is 9.59 Å². The molecular formula is C26H29N3O2. The van der Waals surface area contributed by atoms with Crippen LogP contribution in [0.5, 0.6) is 0 Å². The fourth-order valence-electron chi connectivity index (χ4n) is 4.47. The van der Waals surface area contributed by atoms with Crippen molar-refractivity contribution in [2.45, 2.75) is 31.7 Å². The molecule has 4 rings (SSSR count). The van der Waals surface area contributed by atoms with E-state index in [1.54, 1.807) is 17.2 Å². The van der Waals surface area contributed by atoms with Crippen LogP contribution in [0.2, 0.25) is 0 Å². The van der Waals surface area contributed by atoms with Crippen LogP contribution < -0.4 is 0 Å². The van der Waals surface area contributed by atoms with Gasteiger partial charge < -0.3 is 9.80 Å². The molecule has 0 saturated carbocycles. The number of carbonyl (C=O) groups is 2. The maximum atomic E-state index is 13.2. The van der Waals surface area contributed by atoms with E-state index in [1.165, 1.54) is 0 Å². The van der Waals surface area contributed by atoms with Gasteiger partial charge in [0.15, 0.2) is 0 Å². The van der Waals surface area contributed by atoms with E-state index < -0.39 is 6.04 Å². The second kappa shape index (κ2) is 9.73. The third-order valence-corrected chi connectivity index (χ3v) is 6.18. The van der Waals surface area contributed by atoms with Gasteiger partial charge >= 0.3 is 0 Å². The van der Waals surface area contributed by atoms with Gasteiger partial charge in [-0.1, -0.05) is 48.6 Å². The predicted molar refractivity (Wildman–Crippen MR) is 122 cm³/mol. The monoisotopic (exact) mass is 415 g/mol. The van der Waals surface area contributed by atoms with Crippen molar-refractivity contribution >= 4 is 11.8 Å². The van der Waals surface area contributed by atoms with E-state index in [1.807, 2.05) is 35.4 Å². The molecule has 1 aromatic carbocycles. The highest BCUT2D eigenvalue weighted by atomic mass is 16.2. The van der Waals surface area contributed by atoms with E-state index in [2.05, 4.69) is 35.8 Å². The Morgan fingerprint density at radius 1 is 1.16 bits per heavy atom. The molecule has 5 heteroatoms. The van der Waals surface area contributed by atoms with Gasteiger partial charge in [-0.15, -0.1) is 6.58 Å². The number of benzene rings is 1. The summed E-state index contributed by atoms with van der Waals surface area (Å²) in [5.74, 6) is 0.395. The van der Waals surface area contributed by atoms with Gasteiger partial charge in [0.1, 0.15) is 6.04 Å². The summed E-state index contributed by atoms with van der Waals surface area (Å²) in [6, 6.07) is 11.7. The normalized spacial score (nSPS) is 20.8. The van der Waals surface area contributed by atoms with Crippen LogP contribution in [0.4, 0.5) is 0 Å². The van der Waals surface area contributed by atoms with Gasteiger partial charge in [0, 0.05) is 44.9 Å². The zero-order chi connectivity index (χ0) is 21.6. The number of pyridine rings is 1. The van der Waals surface area contributed by atoms with Gasteiger partial charge in [-0.25, -0.2) is 0 Å². The van der Waals surface area contributed by atoms with Gasteiger partial charge in [-0.3, -0.25) is 14.6 Å². The lowest BCUT2D eigenvalue weighted by molar-refractivity contribution is -0.151. The Morgan fingerprint density at radius 3 is 2.68 bits per heavy atom. The number of nitrogens with zero attached hydrogens (tertiary/aromatic N) is 3. The molecule has 0 spiro atoms. The number of carbonyl (C=O) groups excluding carboxylic acids is 2. The van der Waals surface area contributed by atoms with Gasteiger partial charge in [0.2, 0.25) is 11.8 Å². The van der Waals surface area contributed by atoms with E-state index in [4.69, 9.17) is 0 Å². The Labute approximate surface area is 184 Å². The molecule has 2 amide bonds. The van der Waals surface area contributed by atoms with Crippen molar-refractivity contribution in [1.82, 2.24) is 14.8 Å². The maximum Gasteiger partial charge on any atom is 0.246 e. The molecule has 2 aromatic rings. The number of hydrogen-bond donors (Lipinski definition) is 0. The standard InChI is InChI=1S/C26H29N3O2/c1-2-14-28-15-16-29(25(30)18-20-6-3-4-7-20)24(26(28)31)17-21-9-11-22(12-10-21)23-8-5-13-27-19-23/h2-3,5-6,8-13,19-20,24H,1,4,7,14-18H2/t20-,24-/m1/s1. The second-order valence-electron chi connectivity index (χ2n) is 8.29. The molecule has 0 unspecified atom stereocenters. The topological polar surface area (TPSA) is 53.5 Å². The van der Waals surface area contributed by atoms with Crippen LogP contribution in [0.1, 0.15) is 24.8 Å². The van der Waals surface area contributed by atoms with Gasteiger partial charge in [0.05, 0.1) is 0 Å². The molecule has 0 N–H and O–H groups in total. The molecule has 160 valence electrons. The zero-order valence-electron chi connectivity index (χ0n) is 17.8. The summed E-state index contributed by atoms with van der Waals surface area (Å²) in [4.78, 5) is 34.1. The van der Waals surface area contributed by atoms with Crippen LogP contribution in [-0.4, -0.2) is 52.3 Å². The van der Waals surface area contributed by atoms with Crippen LogP contribution in [-0.2, 0) is 16.0 Å². The SMILES string of the molecule is C=CCN1CCN(C(=O)C[C@@H]2C=CCC2)[C@H](Cc2ccc(-c3cccnc3)cc2)C1=O. The van der Waals surface area contributed by atoms with Crippen molar-refractivity contribution in [2.24, 2.45) is 5.92 Å². The zero-order valence-corrected chi connectivity index (χ0v) is 17.8. The van der Waals surface area contributed by atoms with Crippen molar-refractivity contribution in [2.75, 3.05) is 19.6 Å². The first-order valence-corrected chi connectivity index (χ1v) is 11.0. The first kappa shape index (κ1) is 21.0. The van der Waals surface area contributed by atoms with E-state index >= 15 is 0 Å². The van der Waals surface area contributed by atoms with E-state index in [0.717, 1.165) is 29.5 Å². The average molecular weight is 416 g/mol. The summed E-state index contributed by atoms with van der Waals surface area (Å²) >= 11 is 0. The van der Waals surface area contributed by atoms with E-state index in [-0.39, 0.29) is 11.8 Å². The van der Waals surface area contributed by atoms with Crippen LogP contribution >= 0.6 is 0 Å². The van der Waals surface area contributed by atoms with Crippen molar-refractivity contribution < 1.29 is 9.59 Å². The fraction of sp³-hybridized carbons (Fsp3) is 0.346. The summed E-state index contributed by atoms with van der Waals surface area (Å²) in [6.45, 7) is 5.43.